The normalized spacial score (nSPS) is 19.1. The van der Waals surface area contributed by atoms with Crippen molar-refractivity contribution >= 4 is 21.6 Å². The predicted octanol–water partition coefficient (Wildman–Crippen LogP) is 4.43. The number of hydrogen-bond donors (Lipinski definition) is 0. The molecule has 1 aromatic rings. The van der Waals surface area contributed by atoms with Crippen LogP contribution in [0.25, 0.3) is 0 Å². The smallest absolute Gasteiger partial charge is 0.0642 e. The average molecular weight is 397 g/mol. The number of anilines is 1. The standard InChI is InChI=1S/C20H33BrN2O/c1-6-22(7-2)10-12-24-13-11-23-16(3)20(4,5)18-9-8-17(15-21)14-19(18)23/h8-9,14,16H,6-7,10-13,15H2,1-5H3/t16-/m1/s1. The molecule has 0 unspecified atom stereocenters. The number of rotatable bonds is 9. The summed E-state index contributed by atoms with van der Waals surface area (Å²) in [7, 11) is 0. The van der Waals surface area contributed by atoms with Crippen LogP contribution in [0.4, 0.5) is 5.69 Å². The van der Waals surface area contributed by atoms with Gasteiger partial charge in [0.05, 0.1) is 13.2 Å². The molecule has 3 nitrogen and oxygen atoms in total. The third-order valence-corrected chi connectivity index (χ3v) is 6.30. The van der Waals surface area contributed by atoms with E-state index in [1.807, 2.05) is 0 Å². The number of halogens is 1. The molecule has 1 aliphatic heterocycles. The zero-order valence-electron chi connectivity index (χ0n) is 15.9. The maximum absolute atomic E-state index is 5.93. The zero-order valence-corrected chi connectivity index (χ0v) is 17.5. The molecule has 1 aromatic carbocycles. The van der Waals surface area contributed by atoms with Gasteiger partial charge in [0.1, 0.15) is 0 Å². The molecule has 0 saturated heterocycles. The average Bonchev–Trinajstić information content (AvgIpc) is 2.78. The van der Waals surface area contributed by atoms with Crippen LogP contribution in [0, 0.1) is 0 Å². The highest BCUT2D eigenvalue weighted by atomic mass is 79.9. The van der Waals surface area contributed by atoms with E-state index in [0.29, 0.717) is 6.04 Å². The largest absolute Gasteiger partial charge is 0.378 e. The number of fused-ring (bicyclic) bond motifs is 1. The quantitative estimate of drug-likeness (QED) is 0.453. The number of alkyl halides is 1. The van der Waals surface area contributed by atoms with Gasteiger partial charge >= 0.3 is 0 Å². The van der Waals surface area contributed by atoms with Crippen molar-refractivity contribution in [2.45, 2.75) is 51.4 Å². The number of hydrogen-bond acceptors (Lipinski definition) is 3. The summed E-state index contributed by atoms with van der Waals surface area (Å²) in [6.07, 6.45) is 0. The third-order valence-electron chi connectivity index (χ3n) is 5.65. The summed E-state index contributed by atoms with van der Waals surface area (Å²) in [6.45, 7) is 17.2. The Balaban J connectivity index is 1.96. The molecule has 136 valence electrons. The molecule has 0 bridgehead atoms. The van der Waals surface area contributed by atoms with E-state index in [4.69, 9.17) is 4.74 Å². The molecule has 0 N–H and O–H groups in total. The van der Waals surface area contributed by atoms with Crippen LogP contribution in [-0.4, -0.2) is 50.3 Å². The second-order valence-electron chi connectivity index (χ2n) is 7.22. The molecular formula is C20H33BrN2O. The van der Waals surface area contributed by atoms with Crippen LogP contribution in [-0.2, 0) is 15.5 Å². The fourth-order valence-electron chi connectivity index (χ4n) is 3.58. The molecule has 24 heavy (non-hydrogen) atoms. The Morgan fingerprint density at radius 3 is 2.54 bits per heavy atom. The Morgan fingerprint density at radius 2 is 1.92 bits per heavy atom. The third kappa shape index (κ3) is 4.14. The highest BCUT2D eigenvalue weighted by Crippen LogP contribution is 2.45. The van der Waals surface area contributed by atoms with E-state index in [1.54, 1.807) is 0 Å². The second kappa shape index (κ2) is 8.68. The first-order valence-corrected chi connectivity index (χ1v) is 10.3. The van der Waals surface area contributed by atoms with Crippen molar-refractivity contribution in [1.29, 1.82) is 0 Å². The molecule has 2 rings (SSSR count). The summed E-state index contributed by atoms with van der Waals surface area (Å²) in [5, 5.41) is 0.906. The zero-order chi connectivity index (χ0) is 17.7. The van der Waals surface area contributed by atoms with Crippen LogP contribution in [0.3, 0.4) is 0 Å². The number of ether oxygens (including phenoxy) is 1. The highest BCUT2D eigenvalue weighted by molar-refractivity contribution is 9.08. The molecule has 0 fully saturated rings. The fraction of sp³-hybridized carbons (Fsp3) is 0.700. The lowest BCUT2D eigenvalue weighted by molar-refractivity contribution is 0.110. The first-order valence-electron chi connectivity index (χ1n) is 9.21. The summed E-state index contributed by atoms with van der Waals surface area (Å²) < 4.78 is 5.93. The molecule has 1 aliphatic rings. The Kier molecular flexibility index (Phi) is 7.14. The monoisotopic (exact) mass is 396 g/mol. The van der Waals surface area contributed by atoms with Gasteiger partial charge in [0.2, 0.25) is 0 Å². The SMILES string of the molecule is CCN(CC)CCOCCN1c2cc(CBr)ccc2C(C)(C)[C@H]1C. The summed E-state index contributed by atoms with van der Waals surface area (Å²) >= 11 is 3.58. The Bertz CT molecular complexity index is 528. The molecule has 4 heteroatoms. The summed E-state index contributed by atoms with van der Waals surface area (Å²) in [5.41, 5.74) is 4.37. The minimum Gasteiger partial charge on any atom is -0.378 e. The van der Waals surface area contributed by atoms with Gasteiger partial charge in [0, 0.05) is 35.6 Å². The molecule has 0 aliphatic carbocycles. The summed E-state index contributed by atoms with van der Waals surface area (Å²) in [4.78, 5) is 4.93. The number of benzene rings is 1. The minimum absolute atomic E-state index is 0.182. The van der Waals surface area contributed by atoms with Crippen LogP contribution >= 0.6 is 15.9 Å². The van der Waals surface area contributed by atoms with Crippen LogP contribution < -0.4 is 4.90 Å². The minimum atomic E-state index is 0.182. The predicted molar refractivity (Wildman–Crippen MR) is 108 cm³/mol. The Hall–Kier alpha value is -0.580. The van der Waals surface area contributed by atoms with Gasteiger partial charge in [-0.25, -0.2) is 0 Å². The molecule has 1 atom stereocenters. The van der Waals surface area contributed by atoms with E-state index in [9.17, 15) is 0 Å². The van der Waals surface area contributed by atoms with Crippen LogP contribution in [0.5, 0.6) is 0 Å². The van der Waals surface area contributed by atoms with E-state index < -0.39 is 0 Å². The first kappa shape index (κ1) is 19.7. The van der Waals surface area contributed by atoms with E-state index in [2.05, 4.69) is 78.5 Å². The van der Waals surface area contributed by atoms with Crippen molar-refractivity contribution in [2.24, 2.45) is 0 Å². The fourth-order valence-corrected chi connectivity index (χ4v) is 3.93. The van der Waals surface area contributed by atoms with Crippen molar-refractivity contribution < 1.29 is 4.74 Å². The molecule has 0 radical (unpaired) electrons. The maximum atomic E-state index is 5.93. The summed E-state index contributed by atoms with van der Waals surface area (Å²) in [6, 6.07) is 7.38. The summed E-state index contributed by atoms with van der Waals surface area (Å²) in [5.74, 6) is 0. The lowest BCUT2D eigenvalue weighted by Crippen LogP contribution is -2.40. The topological polar surface area (TPSA) is 15.7 Å². The molecule has 0 spiro atoms. The molecular weight excluding hydrogens is 364 g/mol. The number of likely N-dealkylation sites (N-methyl/N-ethyl adjacent to an activating group) is 1. The Labute approximate surface area is 156 Å². The van der Waals surface area contributed by atoms with Gasteiger partial charge in [0.15, 0.2) is 0 Å². The molecule has 0 saturated carbocycles. The van der Waals surface area contributed by atoms with E-state index in [1.165, 1.54) is 16.8 Å². The molecule has 0 aromatic heterocycles. The van der Waals surface area contributed by atoms with Crippen molar-refractivity contribution in [1.82, 2.24) is 4.90 Å². The van der Waals surface area contributed by atoms with Crippen molar-refractivity contribution in [3.63, 3.8) is 0 Å². The lowest BCUT2D eigenvalue weighted by atomic mass is 9.81. The van der Waals surface area contributed by atoms with Crippen molar-refractivity contribution in [3.8, 4) is 0 Å². The van der Waals surface area contributed by atoms with Crippen LogP contribution in [0.1, 0.15) is 45.7 Å². The van der Waals surface area contributed by atoms with Gasteiger partial charge in [-0.05, 0) is 37.2 Å². The first-order chi connectivity index (χ1) is 11.5. The molecule has 1 heterocycles. The van der Waals surface area contributed by atoms with Gasteiger partial charge in [-0.15, -0.1) is 0 Å². The van der Waals surface area contributed by atoms with E-state index in [-0.39, 0.29) is 5.41 Å². The Morgan fingerprint density at radius 1 is 1.21 bits per heavy atom. The van der Waals surface area contributed by atoms with E-state index in [0.717, 1.165) is 44.7 Å². The van der Waals surface area contributed by atoms with Crippen LogP contribution in [0.2, 0.25) is 0 Å². The highest BCUT2D eigenvalue weighted by Gasteiger charge is 2.41. The lowest BCUT2D eigenvalue weighted by Gasteiger charge is -2.31. The second-order valence-corrected chi connectivity index (χ2v) is 7.78. The van der Waals surface area contributed by atoms with Gasteiger partial charge in [-0.3, -0.25) is 0 Å². The van der Waals surface area contributed by atoms with Crippen molar-refractivity contribution in [3.05, 3.63) is 29.3 Å². The maximum Gasteiger partial charge on any atom is 0.0642 e. The van der Waals surface area contributed by atoms with E-state index >= 15 is 0 Å². The number of nitrogens with zero attached hydrogens (tertiary/aromatic N) is 2. The van der Waals surface area contributed by atoms with Gasteiger partial charge < -0.3 is 14.5 Å². The molecule has 0 amide bonds. The van der Waals surface area contributed by atoms with Gasteiger partial charge in [-0.2, -0.15) is 0 Å². The van der Waals surface area contributed by atoms with Crippen molar-refractivity contribution in [2.75, 3.05) is 44.3 Å². The van der Waals surface area contributed by atoms with Crippen LogP contribution in [0.15, 0.2) is 18.2 Å². The van der Waals surface area contributed by atoms with Gasteiger partial charge in [0.25, 0.3) is 0 Å². The van der Waals surface area contributed by atoms with Gasteiger partial charge in [-0.1, -0.05) is 55.8 Å².